The van der Waals surface area contributed by atoms with E-state index in [1.54, 1.807) is 40.5 Å². The van der Waals surface area contributed by atoms with E-state index in [2.05, 4.69) is 32.6 Å². The number of nitrogens with zero attached hydrogens (tertiary/aromatic N) is 4. The molecular formula is C21H19FN6OS. The van der Waals surface area contributed by atoms with E-state index < -0.39 is 11.8 Å². The highest BCUT2D eigenvalue weighted by molar-refractivity contribution is 7.99. The Balaban J connectivity index is 1.50. The van der Waals surface area contributed by atoms with Crippen molar-refractivity contribution in [2.45, 2.75) is 30.2 Å². The molecule has 0 spiro atoms. The summed E-state index contributed by atoms with van der Waals surface area (Å²) in [6.45, 7) is 4.05. The normalized spacial score (nSPS) is 10.9. The average molecular weight is 422 g/mol. The van der Waals surface area contributed by atoms with Crippen LogP contribution in [0, 0.1) is 12.7 Å². The predicted molar refractivity (Wildman–Crippen MR) is 115 cm³/mol. The summed E-state index contributed by atoms with van der Waals surface area (Å²) >= 11 is 1.56. The minimum absolute atomic E-state index is 0.124. The van der Waals surface area contributed by atoms with E-state index in [4.69, 9.17) is 0 Å². The number of halogens is 1. The summed E-state index contributed by atoms with van der Waals surface area (Å²) in [4.78, 5) is 21.8. The van der Waals surface area contributed by atoms with E-state index in [-0.39, 0.29) is 5.69 Å². The van der Waals surface area contributed by atoms with Gasteiger partial charge in [-0.15, -0.1) is 0 Å². The van der Waals surface area contributed by atoms with Crippen LogP contribution >= 0.6 is 11.8 Å². The molecule has 0 saturated carbocycles. The van der Waals surface area contributed by atoms with Gasteiger partial charge in [0.15, 0.2) is 0 Å². The minimum Gasteiger partial charge on any atom is -0.308 e. The highest BCUT2D eigenvalue weighted by Gasteiger charge is 2.14. The number of aromatic nitrogens is 4. The fraction of sp³-hybridized carbons (Fsp3) is 0.143. The van der Waals surface area contributed by atoms with Gasteiger partial charge in [0, 0.05) is 21.8 Å². The molecular weight excluding hydrogens is 403 g/mol. The lowest BCUT2D eigenvalue weighted by atomic mass is 10.2. The van der Waals surface area contributed by atoms with Crippen LogP contribution in [0.1, 0.15) is 18.2 Å². The SMILES string of the molecule is CCc1c(C)nc2ncnn2c1Sc1ccc(NC(=O)Nc2ccccc2F)cc1. The molecule has 2 N–H and O–H groups in total. The first-order chi connectivity index (χ1) is 14.5. The monoisotopic (exact) mass is 422 g/mol. The van der Waals surface area contributed by atoms with E-state index >= 15 is 0 Å². The number of urea groups is 1. The zero-order valence-corrected chi connectivity index (χ0v) is 17.2. The molecule has 0 atom stereocenters. The number of aryl methyl sites for hydroxylation is 1. The molecule has 2 aromatic carbocycles. The first kappa shape index (κ1) is 19.8. The Labute approximate surface area is 176 Å². The topological polar surface area (TPSA) is 84.2 Å². The first-order valence-electron chi connectivity index (χ1n) is 9.35. The van der Waals surface area contributed by atoms with Crippen LogP contribution in [0.2, 0.25) is 0 Å². The van der Waals surface area contributed by atoms with Crippen LogP contribution in [0.3, 0.4) is 0 Å². The number of hydrogen-bond acceptors (Lipinski definition) is 5. The Morgan fingerprint density at radius 3 is 2.63 bits per heavy atom. The van der Waals surface area contributed by atoms with Gasteiger partial charge >= 0.3 is 6.03 Å². The van der Waals surface area contributed by atoms with Crippen molar-refractivity contribution in [1.29, 1.82) is 0 Å². The molecule has 4 aromatic rings. The fourth-order valence-corrected chi connectivity index (χ4v) is 4.16. The number of rotatable bonds is 5. The molecule has 0 aliphatic heterocycles. The number of hydrogen-bond donors (Lipinski definition) is 2. The number of para-hydroxylation sites is 1. The van der Waals surface area contributed by atoms with E-state index in [0.29, 0.717) is 11.5 Å². The van der Waals surface area contributed by atoms with Gasteiger partial charge in [-0.25, -0.2) is 14.2 Å². The Hall–Kier alpha value is -3.46. The van der Waals surface area contributed by atoms with Gasteiger partial charge in [0.05, 0.1) is 5.69 Å². The number of anilines is 2. The minimum atomic E-state index is -0.511. The van der Waals surface area contributed by atoms with Gasteiger partial charge in [-0.1, -0.05) is 30.8 Å². The standard InChI is InChI=1S/C21H19FN6OS/c1-3-16-13(2)25-20-23-12-24-28(20)19(16)30-15-10-8-14(9-11-15)26-21(29)27-18-7-5-4-6-17(18)22/h4-12H,3H2,1-2H3,(H2,26,27,29). The lowest BCUT2D eigenvalue weighted by Crippen LogP contribution is -2.20. The second kappa shape index (κ2) is 8.50. The molecule has 2 amide bonds. The van der Waals surface area contributed by atoms with Crippen LogP contribution in [-0.4, -0.2) is 25.6 Å². The van der Waals surface area contributed by atoms with Gasteiger partial charge in [0.1, 0.15) is 17.2 Å². The van der Waals surface area contributed by atoms with Crippen molar-refractivity contribution in [2.24, 2.45) is 0 Å². The van der Waals surface area contributed by atoms with E-state index in [0.717, 1.165) is 27.6 Å². The molecule has 2 heterocycles. The van der Waals surface area contributed by atoms with Crippen molar-refractivity contribution >= 4 is 34.9 Å². The second-order valence-electron chi connectivity index (χ2n) is 6.49. The third kappa shape index (κ3) is 4.11. The number of nitrogens with one attached hydrogen (secondary N) is 2. The van der Waals surface area contributed by atoms with Crippen LogP contribution in [-0.2, 0) is 6.42 Å². The van der Waals surface area contributed by atoms with Gasteiger partial charge in [-0.3, -0.25) is 0 Å². The lowest BCUT2D eigenvalue weighted by molar-refractivity contribution is 0.262. The smallest absolute Gasteiger partial charge is 0.308 e. The summed E-state index contributed by atoms with van der Waals surface area (Å²) < 4.78 is 15.4. The van der Waals surface area contributed by atoms with Gasteiger partial charge in [-0.05, 0) is 49.7 Å². The third-order valence-corrected chi connectivity index (χ3v) is 5.61. The van der Waals surface area contributed by atoms with Crippen LogP contribution in [0.5, 0.6) is 0 Å². The molecule has 0 fully saturated rings. The first-order valence-corrected chi connectivity index (χ1v) is 10.2. The maximum Gasteiger partial charge on any atom is 0.323 e. The summed E-state index contributed by atoms with van der Waals surface area (Å²) in [6, 6.07) is 12.9. The quantitative estimate of drug-likeness (QED) is 0.446. The fourth-order valence-electron chi connectivity index (χ4n) is 3.03. The Morgan fingerprint density at radius 1 is 1.13 bits per heavy atom. The summed E-state index contributed by atoms with van der Waals surface area (Å²) in [6.07, 6.45) is 2.32. The second-order valence-corrected chi connectivity index (χ2v) is 7.55. The highest BCUT2D eigenvalue weighted by atomic mass is 32.2. The van der Waals surface area contributed by atoms with Crippen LogP contribution < -0.4 is 10.6 Å². The Kier molecular flexibility index (Phi) is 5.62. The Morgan fingerprint density at radius 2 is 1.90 bits per heavy atom. The largest absolute Gasteiger partial charge is 0.323 e. The van der Waals surface area contributed by atoms with Gasteiger partial charge in [0.25, 0.3) is 5.78 Å². The zero-order valence-electron chi connectivity index (χ0n) is 16.4. The Bertz CT molecular complexity index is 1210. The molecule has 0 unspecified atom stereocenters. The molecule has 4 rings (SSSR count). The van der Waals surface area contributed by atoms with Crippen LogP contribution in [0.25, 0.3) is 5.78 Å². The number of carbonyl (C=O) groups excluding carboxylic acids is 1. The molecule has 152 valence electrons. The summed E-state index contributed by atoms with van der Waals surface area (Å²) in [7, 11) is 0. The third-order valence-electron chi connectivity index (χ3n) is 4.49. The molecule has 9 heteroatoms. The van der Waals surface area contributed by atoms with E-state index in [1.807, 2.05) is 19.1 Å². The lowest BCUT2D eigenvalue weighted by Gasteiger charge is -2.12. The molecule has 30 heavy (non-hydrogen) atoms. The molecule has 0 saturated heterocycles. The highest BCUT2D eigenvalue weighted by Crippen LogP contribution is 2.32. The van der Waals surface area contributed by atoms with Crippen molar-refractivity contribution < 1.29 is 9.18 Å². The van der Waals surface area contributed by atoms with Gasteiger partial charge in [0.2, 0.25) is 0 Å². The average Bonchev–Trinajstić information content (AvgIpc) is 3.19. The number of fused-ring (bicyclic) bond motifs is 1. The van der Waals surface area contributed by atoms with E-state index in [1.165, 1.54) is 18.5 Å². The summed E-state index contributed by atoms with van der Waals surface area (Å²) in [5, 5.41) is 10.5. The van der Waals surface area contributed by atoms with E-state index in [9.17, 15) is 9.18 Å². The maximum atomic E-state index is 13.7. The number of amides is 2. The van der Waals surface area contributed by atoms with Crippen molar-refractivity contribution in [3.8, 4) is 0 Å². The summed E-state index contributed by atoms with van der Waals surface area (Å²) in [5.74, 6) is 0.0773. The molecule has 0 bridgehead atoms. The zero-order chi connectivity index (χ0) is 21.1. The van der Waals surface area contributed by atoms with Crippen LogP contribution in [0.4, 0.5) is 20.6 Å². The molecule has 7 nitrogen and oxygen atoms in total. The molecule has 0 aliphatic carbocycles. The van der Waals surface area contributed by atoms with Crippen molar-refractivity contribution in [2.75, 3.05) is 10.6 Å². The maximum absolute atomic E-state index is 13.7. The van der Waals surface area contributed by atoms with Crippen LogP contribution in [0.15, 0.2) is 64.8 Å². The molecule has 0 radical (unpaired) electrons. The summed E-state index contributed by atoms with van der Waals surface area (Å²) in [5.41, 5.74) is 2.77. The van der Waals surface area contributed by atoms with Crippen molar-refractivity contribution in [1.82, 2.24) is 19.6 Å². The van der Waals surface area contributed by atoms with Crippen molar-refractivity contribution in [3.05, 3.63) is 71.9 Å². The van der Waals surface area contributed by atoms with Gasteiger partial charge < -0.3 is 10.6 Å². The molecule has 2 aromatic heterocycles. The van der Waals surface area contributed by atoms with Gasteiger partial charge in [-0.2, -0.15) is 14.6 Å². The predicted octanol–water partition coefficient (Wildman–Crippen LogP) is 4.93. The molecule has 0 aliphatic rings. The number of carbonyl (C=O) groups is 1. The number of benzene rings is 2. The van der Waals surface area contributed by atoms with Crippen molar-refractivity contribution in [3.63, 3.8) is 0 Å².